The van der Waals surface area contributed by atoms with Crippen LogP contribution < -0.4 is 10.1 Å². The Labute approximate surface area is 153 Å². The normalized spacial score (nSPS) is 17.9. The van der Waals surface area contributed by atoms with Gasteiger partial charge in [0.05, 0.1) is 24.6 Å². The van der Waals surface area contributed by atoms with Gasteiger partial charge in [-0.2, -0.15) is 0 Å². The van der Waals surface area contributed by atoms with Crippen LogP contribution in [0.3, 0.4) is 0 Å². The highest BCUT2D eigenvalue weighted by Gasteiger charge is 2.32. The van der Waals surface area contributed by atoms with E-state index < -0.39 is 4.92 Å². The summed E-state index contributed by atoms with van der Waals surface area (Å²) in [6.07, 6.45) is 8.66. The Morgan fingerprint density at radius 1 is 1.27 bits per heavy atom. The molecule has 1 N–H and O–H groups in total. The SMILES string of the molecule is COc1ccc(NC(=O)CN(CC2CCCCC2)C2CC2)c([N+](=O)[O-])c1. The number of carbonyl (C=O) groups is 1. The molecule has 1 amide bonds. The van der Waals surface area contributed by atoms with E-state index in [2.05, 4.69) is 10.2 Å². The number of nitro benzene ring substituents is 1. The monoisotopic (exact) mass is 361 g/mol. The number of nitrogens with one attached hydrogen (secondary N) is 1. The van der Waals surface area contributed by atoms with Crippen molar-refractivity contribution in [3.8, 4) is 5.75 Å². The van der Waals surface area contributed by atoms with Gasteiger partial charge in [0.15, 0.2) is 0 Å². The van der Waals surface area contributed by atoms with Crippen LogP contribution in [0.2, 0.25) is 0 Å². The number of nitrogens with zero attached hydrogens (tertiary/aromatic N) is 2. The van der Waals surface area contributed by atoms with E-state index in [1.165, 1.54) is 51.3 Å². The van der Waals surface area contributed by atoms with Gasteiger partial charge in [0, 0.05) is 12.6 Å². The fraction of sp³-hybridized carbons (Fsp3) is 0.632. The molecule has 142 valence electrons. The second kappa shape index (κ2) is 8.49. The van der Waals surface area contributed by atoms with Gasteiger partial charge in [-0.1, -0.05) is 19.3 Å². The summed E-state index contributed by atoms with van der Waals surface area (Å²) in [4.78, 5) is 25.5. The number of benzene rings is 1. The molecule has 26 heavy (non-hydrogen) atoms. The molecular formula is C19H27N3O4. The van der Waals surface area contributed by atoms with Crippen molar-refractivity contribution in [3.05, 3.63) is 28.3 Å². The highest BCUT2D eigenvalue weighted by molar-refractivity contribution is 5.94. The topological polar surface area (TPSA) is 84.7 Å². The first-order valence-electron chi connectivity index (χ1n) is 9.43. The van der Waals surface area contributed by atoms with Gasteiger partial charge < -0.3 is 10.1 Å². The van der Waals surface area contributed by atoms with Crippen LogP contribution in [-0.4, -0.2) is 42.0 Å². The van der Waals surface area contributed by atoms with Gasteiger partial charge in [0.2, 0.25) is 5.91 Å². The summed E-state index contributed by atoms with van der Waals surface area (Å²) in [6.45, 7) is 1.26. The van der Waals surface area contributed by atoms with Gasteiger partial charge in [-0.3, -0.25) is 19.8 Å². The van der Waals surface area contributed by atoms with Crippen LogP contribution in [0.4, 0.5) is 11.4 Å². The molecule has 0 saturated heterocycles. The molecule has 0 radical (unpaired) electrons. The van der Waals surface area contributed by atoms with Crippen molar-refractivity contribution >= 4 is 17.3 Å². The molecule has 0 aromatic heterocycles. The first-order valence-corrected chi connectivity index (χ1v) is 9.43. The quantitative estimate of drug-likeness (QED) is 0.565. The van der Waals surface area contributed by atoms with E-state index in [0.717, 1.165) is 19.4 Å². The Kier molecular flexibility index (Phi) is 6.08. The van der Waals surface area contributed by atoms with Gasteiger partial charge in [0.25, 0.3) is 5.69 Å². The molecule has 2 aliphatic carbocycles. The van der Waals surface area contributed by atoms with Gasteiger partial charge in [-0.25, -0.2) is 0 Å². The minimum atomic E-state index is -0.501. The lowest BCUT2D eigenvalue weighted by atomic mass is 9.89. The van der Waals surface area contributed by atoms with E-state index >= 15 is 0 Å². The first-order chi connectivity index (χ1) is 12.6. The summed E-state index contributed by atoms with van der Waals surface area (Å²) in [5.74, 6) is 0.875. The van der Waals surface area contributed by atoms with E-state index in [0.29, 0.717) is 24.3 Å². The van der Waals surface area contributed by atoms with Crippen LogP contribution in [0.15, 0.2) is 18.2 Å². The summed E-state index contributed by atoms with van der Waals surface area (Å²) in [6, 6.07) is 4.96. The molecule has 2 aliphatic rings. The molecule has 7 nitrogen and oxygen atoms in total. The van der Waals surface area contributed by atoms with Crippen molar-refractivity contribution in [3.63, 3.8) is 0 Å². The van der Waals surface area contributed by atoms with E-state index in [9.17, 15) is 14.9 Å². The van der Waals surface area contributed by atoms with Gasteiger partial charge in [-0.15, -0.1) is 0 Å². The van der Waals surface area contributed by atoms with Gasteiger partial charge >= 0.3 is 0 Å². The number of carbonyl (C=O) groups excluding carboxylic acids is 1. The van der Waals surface area contributed by atoms with Crippen LogP contribution in [-0.2, 0) is 4.79 Å². The second-order valence-electron chi connectivity index (χ2n) is 7.35. The summed E-state index contributed by atoms with van der Waals surface area (Å²) < 4.78 is 5.03. The minimum Gasteiger partial charge on any atom is -0.496 e. The Balaban J connectivity index is 1.62. The molecule has 7 heteroatoms. The molecule has 0 heterocycles. The second-order valence-corrected chi connectivity index (χ2v) is 7.35. The third-order valence-electron chi connectivity index (χ3n) is 5.30. The number of methoxy groups -OCH3 is 1. The minimum absolute atomic E-state index is 0.150. The molecule has 0 unspecified atom stereocenters. The zero-order valence-corrected chi connectivity index (χ0v) is 15.3. The molecular weight excluding hydrogens is 334 g/mol. The lowest BCUT2D eigenvalue weighted by Gasteiger charge is -2.29. The molecule has 0 bridgehead atoms. The van der Waals surface area contributed by atoms with Gasteiger partial charge in [-0.05, 0) is 43.7 Å². The first kappa shape index (κ1) is 18.6. The fourth-order valence-electron chi connectivity index (χ4n) is 3.75. The molecule has 1 aromatic carbocycles. The van der Waals surface area contributed by atoms with Crippen LogP contribution in [0.25, 0.3) is 0 Å². The Bertz CT molecular complexity index is 654. The molecule has 2 fully saturated rings. The van der Waals surface area contributed by atoms with Gasteiger partial charge in [0.1, 0.15) is 11.4 Å². The highest BCUT2D eigenvalue weighted by Crippen LogP contribution is 2.32. The standard InChI is InChI=1S/C19H27N3O4/c1-26-16-9-10-17(18(11-16)22(24)25)20-19(23)13-21(15-7-8-15)12-14-5-3-2-4-6-14/h9-11,14-15H,2-8,12-13H2,1H3,(H,20,23). The lowest BCUT2D eigenvalue weighted by molar-refractivity contribution is -0.384. The Morgan fingerprint density at radius 3 is 2.62 bits per heavy atom. The van der Waals surface area contributed by atoms with Crippen molar-refractivity contribution in [2.45, 2.75) is 51.0 Å². The maximum atomic E-state index is 12.5. The average molecular weight is 361 g/mol. The van der Waals surface area contributed by atoms with Crippen molar-refractivity contribution in [1.29, 1.82) is 0 Å². The molecule has 2 saturated carbocycles. The molecule has 0 spiro atoms. The maximum Gasteiger partial charge on any atom is 0.296 e. The third-order valence-corrected chi connectivity index (χ3v) is 5.30. The smallest absolute Gasteiger partial charge is 0.296 e. The molecule has 0 aliphatic heterocycles. The van der Waals surface area contributed by atoms with Crippen LogP contribution in [0, 0.1) is 16.0 Å². The summed E-state index contributed by atoms with van der Waals surface area (Å²) >= 11 is 0. The number of nitro groups is 1. The van der Waals surface area contributed by atoms with Crippen molar-refractivity contribution in [2.75, 3.05) is 25.5 Å². The van der Waals surface area contributed by atoms with Crippen LogP contribution in [0.5, 0.6) is 5.75 Å². The van der Waals surface area contributed by atoms with Crippen molar-refractivity contribution < 1.29 is 14.5 Å². The largest absolute Gasteiger partial charge is 0.496 e. The Hall–Kier alpha value is -2.15. The van der Waals surface area contributed by atoms with Crippen LogP contribution in [0.1, 0.15) is 44.9 Å². The molecule has 1 aromatic rings. The predicted molar refractivity (Wildman–Crippen MR) is 99.4 cm³/mol. The molecule has 3 rings (SSSR count). The number of rotatable bonds is 8. The zero-order valence-electron chi connectivity index (χ0n) is 15.3. The number of anilines is 1. The molecule has 0 atom stereocenters. The third kappa shape index (κ3) is 4.94. The zero-order chi connectivity index (χ0) is 18.5. The summed E-state index contributed by atoms with van der Waals surface area (Å²) in [5, 5.41) is 14.0. The van der Waals surface area contributed by atoms with E-state index in [-0.39, 0.29) is 17.3 Å². The summed E-state index contributed by atoms with van der Waals surface area (Å²) in [5.41, 5.74) is 0.0668. The average Bonchev–Trinajstić information content (AvgIpc) is 3.47. The number of amides is 1. The van der Waals surface area contributed by atoms with Crippen LogP contribution >= 0.6 is 0 Å². The summed E-state index contributed by atoms with van der Waals surface area (Å²) in [7, 11) is 1.45. The number of hydrogen-bond acceptors (Lipinski definition) is 5. The Morgan fingerprint density at radius 2 is 2.00 bits per heavy atom. The van der Waals surface area contributed by atoms with Crippen molar-refractivity contribution in [2.24, 2.45) is 5.92 Å². The van der Waals surface area contributed by atoms with Crippen molar-refractivity contribution in [1.82, 2.24) is 4.90 Å². The number of hydrogen-bond donors (Lipinski definition) is 1. The van der Waals surface area contributed by atoms with E-state index in [1.807, 2.05) is 0 Å². The van der Waals surface area contributed by atoms with E-state index in [4.69, 9.17) is 4.74 Å². The van der Waals surface area contributed by atoms with E-state index in [1.54, 1.807) is 6.07 Å². The lowest BCUT2D eigenvalue weighted by Crippen LogP contribution is -2.38. The predicted octanol–water partition coefficient (Wildman–Crippen LogP) is 3.59. The maximum absolute atomic E-state index is 12.5. The highest BCUT2D eigenvalue weighted by atomic mass is 16.6. The number of ether oxygens (including phenoxy) is 1. The fourth-order valence-corrected chi connectivity index (χ4v) is 3.75.